The molecule has 0 amide bonds. The van der Waals surface area contributed by atoms with E-state index in [1.807, 2.05) is 0 Å². The molecular formula is C8H5Cl2F3O. The molecule has 14 heavy (non-hydrogen) atoms. The van der Waals surface area contributed by atoms with Gasteiger partial charge in [0.2, 0.25) is 0 Å². The van der Waals surface area contributed by atoms with Crippen LogP contribution in [0.15, 0.2) is 12.1 Å². The minimum Gasteiger partial charge on any atom is -0.434 e. The zero-order valence-electron chi connectivity index (χ0n) is 6.74. The molecule has 0 radical (unpaired) electrons. The SMILES string of the molecule is Fc1c(Cl)ccc(OC(F)F)c1CCl. The summed E-state index contributed by atoms with van der Waals surface area (Å²) in [5, 5.41) is -0.178. The van der Waals surface area contributed by atoms with Gasteiger partial charge >= 0.3 is 6.61 Å². The van der Waals surface area contributed by atoms with Crippen LogP contribution in [0.5, 0.6) is 5.75 Å². The molecule has 0 bridgehead atoms. The van der Waals surface area contributed by atoms with Gasteiger partial charge in [-0.05, 0) is 12.1 Å². The van der Waals surface area contributed by atoms with E-state index >= 15 is 0 Å². The van der Waals surface area contributed by atoms with E-state index in [0.29, 0.717) is 0 Å². The van der Waals surface area contributed by atoms with Gasteiger partial charge in [0, 0.05) is 5.56 Å². The minimum absolute atomic E-state index is 0.167. The highest BCUT2D eigenvalue weighted by Crippen LogP contribution is 2.29. The lowest BCUT2D eigenvalue weighted by Crippen LogP contribution is -2.05. The van der Waals surface area contributed by atoms with Crippen molar-refractivity contribution < 1.29 is 17.9 Å². The van der Waals surface area contributed by atoms with E-state index in [1.165, 1.54) is 0 Å². The summed E-state index contributed by atoms with van der Waals surface area (Å²) in [6.07, 6.45) is 0. The van der Waals surface area contributed by atoms with E-state index in [0.717, 1.165) is 12.1 Å². The van der Waals surface area contributed by atoms with E-state index in [4.69, 9.17) is 23.2 Å². The van der Waals surface area contributed by atoms with Gasteiger partial charge in [0.05, 0.1) is 10.9 Å². The Kier molecular flexibility index (Phi) is 3.89. The Morgan fingerprint density at radius 2 is 2.00 bits per heavy atom. The molecule has 1 aromatic rings. The molecular weight excluding hydrogens is 240 g/mol. The third-order valence-electron chi connectivity index (χ3n) is 1.50. The van der Waals surface area contributed by atoms with Gasteiger partial charge in [-0.3, -0.25) is 0 Å². The zero-order chi connectivity index (χ0) is 10.7. The maximum Gasteiger partial charge on any atom is 0.387 e. The van der Waals surface area contributed by atoms with Gasteiger partial charge in [-0.15, -0.1) is 11.6 Å². The van der Waals surface area contributed by atoms with Gasteiger partial charge < -0.3 is 4.74 Å². The number of halogens is 5. The van der Waals surface area contributed by atoms with Gasteiger partial charge in [0.25, 0.3) is 0 Å². The monoisotopic (exact) mass is 244 g/mol. The van der Waals surface area contributed by atoms with Crippen LogP contribution in [0.2, 0.25) is 5.02 Å². The second-order valence-electron chi connectivity index (χ2n) is 2.35. The molecule has 0 spiro atoms. The van der Waals surface area contributed by atoms with E-state index in [2.05, 4.69) is 4.74 Å². The van der Waals surface area contributed by atoms with E-state index in [-0.39, 0.29) is 22.2 Å². The predicted octanol–water partition coefficient (Wildman–Crippen LogP) is 3.82. The molecule has 1 aromatic carbocycles. The summed E-state index contributed by atoms with van der Waals surface area (Å²) in [6, 6.07) is 2.28. The molecule has 6 heteroatoms. The van der Waals surface area contributed by atoms with Crippen molar-refractivity contribution in [2.45, 2.75) is 12.5 Å². The van der Waals surface area contributed by atoms with Crippen molar-refractivity contribution >= 4 is 23.2 Å². The Hall–Kier alpha value is -0.610. The number of alkyl halides is 3. The van der Waals surface area contributed by atoms with Crippen molar-refractivity contribution in [1.82, 2.24) is 0 Å². The van der Waals surface area contributed by atoms with E-state index < -0.39 is 12.4 Å². The number of benzene rings is 1. The highest BCUT2D eigenvalue weighted by molar-refractivity contribution is 6.31. The van der Waals surface area contributed by atoms with Crippen LogP contribution in [0.25, 0.3) is 0 Å². The topological polar surface area (TPSA) is 9.23 Å². The van der Waals surface area contributed by atoms with Crippen molar-refractivity contribution in [2.75, 3.05) is 0 Å². The number of ether oxygens (including phenoxy) is 1. The van der Waals surface area contributed by atoms with Crippen LogP contribution < -0.4 is 4.74 Å². The smallest absolute Gasteiger partial charge is 0.387 e. The first-order valence-electron chi connectivity index (χ1n) is 3.54. The first-order valence-corrected chi connectivity index (χ1v) is 4.45. The summed E-state index contributed by atoms with van der Waals surface area (Å²) >= 11 is 10.8. The van der Waals surface area contributed by atoms with Crippen LogP contribution in [-0.2, 0) is 5.88 Å². The summed E-state index contributed by atoms with van der Waals surface area (Å²) in [7, 11) is 0. The second-order valence-corrected chi connectivity index (χ2v) is 3.02. The largest absolute Gasteiger partial charge is 0.434 e. The molecule has 1 nitrogen and oxygen atoms in total. The van der Waals surface area contributed by atoms with Crippen molar-refractivity contribution in [3.05, 3.63) is 28.5 Å². The molecule has 0 aromatic heterocycles. The van der Waals surface area contributed by atoms with E-state index in [9.17, 15) is 13.2 Å². The molecule has 0 aliphatic heterocycles. The van der Waals surface area contributed by atoms with Gasteiger partial charge in [-0.2, -0.15) is 8.78 Å². The van der Waals surface area contributed by atoms with Crippen molar-refractivity contribution in [1.29, 1.82) is 0 Å². The van der Waals surface area contributed by atoms with Crippen LogP contribution in [0.1, 0.15) is 5.56 Å². The van der Waals surface area contributed by atoms with Gasteiger partial charge in [-0.1, -0.05) is 11.6 Å². The van der Waals surface area contributed by atoms with Crippen molar-refractivity contribution in [2.24, 2.45) is 0 Å². The molecule has 0 atom stereocenters. The van der Waals surface area contributed by atoms with Crippen LogP contribution in [0.3, 0.4) is 0 Å². The molecule has 0 fully saturated rings. The summed E-state index contributed by atoms with van der Waals surface area (Å²) in [5.41, 5.74) is -0.167. The van der Waals surface area contributed by atoms with Crippen LogP contribution in [0.4, 0.5) is 13.2 Å². The lowest BCUT2D eigenvalue weighted by atomic mass is 10.2. The third-order valence-corrected chi connectivity index (χ3v) is 2.06. The lowest BCUT2D eigenvalue weighted by molar-refractivity contribution is -0.0505. The van der Waals surface area contributed by atoms with Gasteiger partial charge in [-0.25, -0.2) is 4.39 Å². The molecule has 1 rings (SSSR count). The fourth-order valence-electron chi connectivity index (χ4n) is 0.906. The average Bonchev–Trinajstić information content (AvgIpc) is 2.11. The molecule has 78 valence electrons. The first-order chi connectivity index (χ1) is 6.56. The summed E-state index contributed by atoms with van der Waals surface area (Å²) in [4.78, 5) is 0. The summed E-state index contributed by atoms with van der Waals surface area (Å²) in [6.45, 7) is -3.02. The Balaban J connectivity index is 3.10. The van der Waals surface area contributed by atoms with Gasteiger partial charge in [0.1, 0.15) is 11.6 Å². The Labute approximate surface area is 88.4 Å². The molecule has 0 unspecified atom stereocenters. The van der Waals surface area contributed by atoms with Gasteiger partial charge in [0.15, 0.2) is 0 Å². The predicted molar refractivity (Wildman–Crippen MR) is 47.6 cm³/mol. The van der Waals surface area contributed by atoms with E-state index in [1.54, 1.807) is 0 Å². The maximum atomic E-state index is 13.2. The average molecular weight is 245 g/mol. The fourth-order valence-corrected chi connectivity index (χ4v) is 1.33. The molecule has 0 saturated heterocycles. The standard InChI is InChI=1S/C8H5Cl2F3O/c9-3-4-6(14-8(12)13)2-1-5(10)7(4)11/h1-2,8H,3H2. The molecule has 0 N–H and O–H groups in total. The first kappa shape index (κ1) is 11.5. The van der Waals surface area contributed by atoms with Crippen LogP contribution in [0, 0.1) is 5.82 Å². The van der Waals surface area contributed by atoms with Crippen molar-refractivity contribution in [3.8, 4) is 5.75 Å². The normalized spacial score (nSPS) is 10.7. The van der Waals surface area contributed by atoms with Crippen molar-refractivity contribution in [3.63, 3.8) is 0 Å². The number of rotatable bonds is 3. The number of hydrogen-bond acceptors (Lipinski definition) is 1. The minimum atomic E-state index is -3.02. The van der Waals surface area contributed by atoms with Crippen LogP contribution in [-0.4, -0.2) is 6.61 Å². The summed E-state index contributed by atoms with van der Waals surface area (Å²) < 4.78 is 40.9. The van der Waals surface area contributed by atoms with Crippen LogP contribution >= 0.6 is 23.2 Å². The number of hydrogen-bond donors (Lipinski definition) is 0. The lowest BCUT2D eigenvalue weighted by Gasteiger charge is -2.09. The highest BCUT2D eigenvalue weighted by Gasteiger charge is 2.15. The molecule has 0 heterocycles. The Morgan fingerprint density at radius 1 is 1.36 bits per heavy atom. The zero-order valence-corrected chi connectivity index (χ0v) is 8.25. The summed E-state index contributed by atoms with van der Waals surface area (Å²) in [5.74, 6) is -1.41. The fraction of sp³-hybridized carbons (Fsp3) is 0.250. The molecule has 0 saturated carbocycles. The quantitative estimate of drug-likeness (QED) is 0.735. The Morgan fingerprint density at radius 3 is 2.50 bits per heavy atom. The Bertz CT molecular complexity index is 331. The highest BCUT2D eigenvalue weighted by atomic mass is 35.5. The maximum absolute atomic E-state index is 13.2. The second kappa shape index (κ2) is 4.75. The molecule has 0 aliphatic carbocycles. The molecule has 0 aliphatic rings. The third kappa shape index (κ3) is 2.45.